The molecule has 0 unspecified atom stereocenters. The predicted molar refractivity (Wildman–Crippen MR) is 24.6 cm³/mol. The number of imidazole rings is 1. The average Bonchev–Trinajstić information content (AvgIpc) is 2.12. The Kier molecular flexibility index (Phi) is 3.02. The van der Waals surface area contributed by atoms with Crippen molar-refractivity contribution in [2.24, 2.45) is 0 Å². The number of hydrogen-bond acceptors (Lipinski definition) is 3. The maximum absolute atomic E-state index is 9.79. The Labute approximate surface area is 63.6 Å². The van der Waals surface area contributed by atoms with Gasteiger partial charge >= 0.3 is 0 Å². The number of aromatic nitrogens is 2. The van der Waals surface area contributed by atoms with E-state index in [9.17, 15) is 10.1 Å². The first-order valence-electron chi connectivity index (χ1n) is 1.93. The SMILES string of the molecule is O=[N+]([O-])n1ccnc1.[Zn]. The van der Waals surface area contributed by atoms with E-state index in [-0.39, 0.29) is 19.5 Å². The zero-order chi connectivity index (χ0) is 5.98. The second kappa shape index (κ2) is 3.30. The average molecular weight is 178 g/mol. The molecule has 0 spiro atoms. The predicted octanol–water partition coefficient (Wildman–Crippen LogP) is -0.0796. The molecule has 5 nitrogen and oxygen atoms in total. The summed E-state index contributed by atoms with van der Waals surface area (Å²) in [5.41, 5.74) is 0. The van der Waals surface area contributed by atoms with Crippen LogP contribution in [0.15, 0.2) is 18.7 Å². The summed E-state index contributed by atoms with van der Waals surface area (Å²) in [6, 6.07) is 0. The van der Waals surface area contributed by atoms with Crippen molar-refractivity contribution in [3.8, 4) is 0 Å². The van der Waals surface area contributed by atoms with Gasteiger partial charge < -0.3 is 0 Å². The Balaban J connectivity index is 0.000000640. The summed E-state index contributed by atoms with van der Waals surface area (Å²) < 4.78 is 0.778. The number of hydrogen-bond donors (Lipinski definition) is 0. The van der Waals surface area contributed by atoms with Crippen molar-refractivity contribution in [1.29, 1.82) is 0 Å². The molecule has 1 aromatic heterocycles. The molecule has 0 radical (unpaired) electrons. The third-order valence-electron chi connectivity index (χ3n) is 0.679. The minimum Gasteiger partial charge on any atom is -0.239 e. The maximum atomic E-state index is 9.79. The summed E-state index contributed by atoms with van der Waals surface area (Å²) >= 11 is 0. The summed E-state index contributed by atoms with van der Waals surface area (Å²) in [6.07, 6.45) is 3.74. The molecule has 0 saturated heterocycles. The van der Waals surface area contributed by atoms with Gasteiger partial charge in [0.25, 0.3) is 0 Å². The summed E-state index contributed by atoms with van der Waals surface area (Å²) in [4.78, 5) is 13.3. The molecule has 9 heavy (non-hydrogen) atoms. The monoisotopic (exact) mass is 177 g/mol. The molecule has 1 aromatic rings. The molecule has 0 aromatic carbocycles. The minimum absolute atomic E-state index is 0. The van der Waals surface area contributed by atoms with Crippen LogP contribution in [0.4, 0.5) is 0 Å². The molecule has 0 saturated carbocycles. The van der Waals surface area contributed by atoms with E-state index in [0.29, 0.717) is 0 Å². The third-order valence-corrected chi connectivity index (χ3v) is 0.679. The molecule has 0 amide bonds. The van der Waals surface area contributed by atoms with Gasteiger partial charge in [-0.25, -0.2) is 15.1 Å². The summed E-state index contributed by atoms with van der Waals surface area (Å²) in [5.74, 6) is 0. The Bertz CT molecular complexity index is 185. The molecule has 44 valence electrons. The first-order chi connectivity index (χ1) is 3.80. The van der Waals surface area contributed by atoms with Crippen molar-refractivity contribution in [3.05, 3.63) is 28.8 Å². The topological polar surface area (TPSA) is 61.0 Å². The maximum Gasteiger partial charge on any atom is 0.170 e. The molecular weight excluding hydrogens is 175 g/mol. The minimum atomic E-state index is -0.562. The largest absolute Gasteiger partial charge is 0.239 e. The second-order valence-corrected chi connectivity index (χ2v) is 1.18. The van der Waals surface area contributed by atoms with Crippen molar-refractivity contribution in [1.82, 2.24) is 9.66 Å². The molecule has 0 aliphatic carbocycles. The Morgan fingerprint density at radius 3 is 2.56 bits per heavy atom. The van der Waals surface area contributed by atoms with Gasteiger partial charge in [0.2, 0.25) is 0 Å². The van der Waals surface area contributed by atoms with E-state index >= 15 is 0 Å². The molecule has 1 heterocycles. The fraction of sp³-hybridized carbons (Fsp3) is 0. The van der Waals surface area contributed by atoms with Crippen molar-refractivity contribution >= 4 is 0 Å². The second-order valence-electron chi connectivity index (χ2n) is 1.18. The van der Waals surface area contributed by atoms with Crippen LogP contribution in [0.2, 0.25) is 0 Å². The van der Waals surface area contributed by atoms with Gasteiger partial charge in [-0.2, -0.15) is 0 Å². The quantitative estimate of drug-likeness (QED) is 0.343. The zero-order valence-corrected chi connectivity index (χ0v) is 7.56. The number of nitro groups is 1. The summed E-state index contributed by atoms with van der Waals surface area (Å²) in [5, 5.41) is 9.23. The zero-order valence-electron chi connectivity index (χ0n) is 4.60. The van der Waals surface area contributed by atoms with Gasteiger partial charge in [-0.05, 0) is 0 Å². The van der Waals surface area contributed by atoms with Crippen molar-refractivity contribution < 1.29 is 24.5 Å². The Hall–Kier alpha value is -0.767. The molecule has 0 atom stereocenters. The van der Waals surface area contributed by atoms with Crippen LogP contribution >= 0.6 is 0 Å². The van der Waals surface area contributed by atoms with E-state index in [0.717, 1.165) is 11.0 Å². The van der Waals surface area contributed by atoms with Crippen LogP contribution in [0, 0.1) is 10.1 Å². The number of nitrogens with zero attached hydrogens (tertiary/aromatic N) is 3. The fourth-order valence-corrected chi connectivity index (χ4v) is 0.349. The molecule has 0 aliphatic rings. The first kappa shape index (κ1) is 8.23. The van der Waals surface area contributed by atoms with E-state index in [2.05, 4.69) is 4.98 Å². The van der Waals surface area contributed by atoms with Crippen molar-refractivity contribution in [3.63, 3.8) is 0 Å². The molecule has 0 aliphatic heterocycles. The van der Waals surface area contributed by atoms with Crippen LogP contribution in [0.5, 0.6) is 0 Å². The summed E-state index contributed by atoms with van der Waals surface area (Å²) in [6.45, 7) is 0. The van der Waals surface area contributed by atoms with Crippen LogP contribution < -0.4 is 0 Å². The molecule has 1 rings (SSSR count). The normalized spacial score (nSPS) is 8.00. The molecular formula is C3H3N3O2Zn. The smallest absolute Gasteiger partial charge is 0.170 e. The van der Waals surface area contributed by atoms with Crippen LogP contribution in [-0.2, 0) is 19.5 Å². The number of rotatable bonds is 1. The van der Waals surface area contributed by atoms with Crippen LogP contribution in [-0.4, -0.2) is 14.7 Å². The van der Waals surface area contributed by atoms with Gasteiger partial charge in [-0.15, -0.1) is 0 Å². The van der Waals surface area contributed by atoms with E-state index in [1.54, 1.807) is 0 Å². The Morgan fingerprint density at radius 2 is 2.33 bits per heavy atom. The van der Waals surface area contributed by atoms with E-state index in [1.807, 2.05) is 0 Å². The van der Waals surface area contributed by atoms with Crippen LogP contribution in [0.1, 0.15) is 0 Å². The standard InChI is InChI=1S/C3H3N3O2.Zn/c7-6(8)5-2-1-4-3-5;/h1-3H;. The fourth-order valence-electron chi connectivity index (χ4n) is 0.349. The third kappa shape index (κ3) is 1.89. The van der Waals surface area contributed by atoms with Crippen molar-refractivity contribution in [2.45, 2.75) is 0 Å². The van der Waals surface area contributed by atoms with Crippen molar-refractivity contribution in [2.75, 3.05) is 0 Å². The Morgan fingerprint density at radius 1 is 1.67 bits per heavy atom. The van der Waals surface area contributed by atoms with E-state index in [1.165, 1.54) is 12.4 Å². The van der Waals surface area contributed by atoms with Crippen LogP contribution in [0.25, 0.3) is 0 Å². The molecule has 0 fully saturated rings. The van der Waals surface area contributed by atoms with E-state index < -0.39 is 5.03 Å². The molecule has 0 N–H and O–H groups in total. The van der Waals surface area contributed by atoms with Gasteiger partial charge in [0.05, 0.1) is 12.4 Å². The molecule has 6 heteroatoms. The first-order valence-corrected chi connectivity index (χ1v) is 1.93. The summed E-state index contributed by atoms with van der Waals surface area (Å²) in [7, 11) is 0. The van der Waals surface area contributed by atoms with E-state index in [4.69, 9.17) is 0 Å². The van der Waals surface area contributed by atoms with Gasteiger partial charge in [0.15, 0.2) is 11.4 Å². The van der Waals surface area contributed by atoms with Crippen LogP contribution in [0.3, 0.4) is 0 Å². The van der Waals surface area contributed by atoms with Gasteiger partial charge in [0, 0.05) is 19.5 Å². The molecule has 0 bridgehead atoms. The van der Waals surface area contributed by atoms with Gasteiger partial charge in [0.1, 0.15) is 0 Å². The van der Waals surface area contributed by atoms with Gasteiger partial charge in [-0.3, -0.25) is 0 Å². The van der Waals surface area contributed by atoms with Gasteiger partial charge in [-0.1, -0.05) is 4.68 Å².